The number of para-hydroxylation sites is 1. The minimum absolute atomic E-state index is 0.0212. The highest BCUT2D eigenvalue weighted by atomic mass is 16.5. The lowest BCUT2D eigenvalue weighted by molar-refractivity contribution is -0.122. The molecule has 1 amide bonds. The van der Waals surface area contributed by atoms with Gasteiger partial charge in [0.1, 0.15) is 5.75 Å². The van der Waals surface area contributed by atoms with E-state index in [2.05, 4.69) is 16.0 Å². The maximum atomic E-state index is 12.6. The Balaban J connectivity index is 1.50. The molecule has 1 fully saturated rings. The maximum Gasteiger partial charge on any atom is 0.547 e. The maximum absolute atomic E-state index is 12.6. The summed E-state index contributed by atoms with van der Waals surface area (Å²) in [5.74, 6) is -0.649. The summed E-state index contributed by atoms with van der Waals surface area (Å²) in [6.45, 7) is 2.88. The van der Waals surface area contributed by atoms with Crippen LogP contribution in [-0.2, 0) is 11.2 Å². The molecule has 3 unspecified atom stereocenters. The summed E-state index contributed by atoms with van der Waals surface area (Å²) in [6.07, 6.45) is 5.20. The van der Waals surface area contributed by atoms with Crippen molar-refractivity contribution >= 4 is 19.0 Å². The van der Waals surface area contributed by atoms with Crippen molar-refractivity contribution in [3.05, 3.63) is 29.3 Å². The number of hydrogen-bond donors (Lipinski definition) is 5. The van der Waals surface area contributed by atoms with Crippen molar-refractivity contribution in [2.75, 3.05) is 26.7 Å². The minimum atomic E-state index is -1.27. The third kappa shape index (κ3) is 5.96. The molecule has 5 N–H and O–H groups in total. The van der Waals surface area contributed by atoms with E-state index < -0.39 is 19.0 Å². The number of nitrogens with one attached hydrogen (secondary N) is 3. The first kappa shape index (κ1) is 22.6. The third-order valence-electron chi connectivity index (χ3n) is 6.05. The average Bonchev–Trinajstić information content (AvgIpc) is 2.71. The van der Waals surface area contributed by atoms with Gasteiger partial charge < -0.3 is 30.7 Å². The van der Waals surface area contributed by atoms with Gasteiger partial charge in [-0.3, -0.25) is 4.79 Å². The van der Waals surface area contributed by atoms with E-state index in [1.54, 1.807) is 12.1 Å². The van der Waals surface area contributed by atoms with Gasteiger partial charge in [0.2, 0.25) is 5.91 Å². The number of carboxylic acid groups (broad SMARTS) is 1. The van der Waals surface area contributed by atoms with Crippen LogP contribution >= 0.6 is 0 Å². The van der Waals surface area contributed by atoms with Crippen LogP contribution in [0.1, 0.15) is 48.0 Å². The molecule has 30 heavy (non-hydrogen) atoms. The fourth-order valence-electron chi connectivity index (χ4n) is 4.54. The van der Waals surface area contributed by atoms with Gasteiger partial charge in [-0.1, -0.05) is 18.6 Å². The molecule has 1 saturated carbocycles. The van der Waals surface area contributed by atoms with Crippen LogP contribution in [0.15, 0.2) is 18.2 Å². The highest BCUT2D eigenvalue weighted by Gasteiger charge is 2.38. The summed E-state index contributed by atoms with van der Waals surface area (Å²) < 4.78 is 5.46. The Kier molecular flexibility index (Phi) is 8.12. The van der Waals surface area contributed by atoms with Gasteiger partial charge in [-0.25, -0.2) is 4.79 Å². The van der Waals surface area contributed by atoms with Crippen LogP contribution < -0.4 is 20.6 Å². The number of aromatic carboxylic acids is 1. The van der Waals surface area contributed by atoms with Crippen molar-refractivity contribution in [2.45, 2.75) is 44.5 Å². The summed E-state index contributed by atoms with van der Waals surface area (Å²) in [7, 11) is 0.673. The Bertz CT molecular complexity index is 747. The molecule has 9 heteroatoms. The Morgan fingerprint density at radius 3 is 2.80 bits per heavy atom. The smallest absolute Gasteiger partial charge is 0.534 e. The molecule has 1 aliphatic heterocycles. The summed E-state index contributed by atoms with van der Waals surface area (Å²) in [5, 5.41) is 29.1. The van der Waals surface area contributed by atoms with Gasteiger partial charge >= 0.3 is 13.1 Å². The summed E-state index contributed by atoms with van der Waals surface area (Å²) >= 11 is 0. The van der Waals surface area contributed by atoms with E-state index in [0.29, 0.717) is 30.2 Å². The molecule has 8 nitrogen and oxygen atoms in total. The first-order chi connectivity index (χ1) is 14.5. The largest absolute Gasteiger partial charge is 0.547 e. The average molecular weight is 417 g/mol. The van der Waals surface area contributed by atoms with Crippen molar-refractivity contribution < 1.29 is 24.4 Å². The molecular formula is C21H32BN3O5. The molecule has 1 heterocycles. The minimum Gasteiger partial charge on any atom is -0.534 e. The van der Waals surface area contributed by atoms with Crippen molar-refractivity contribution in [1.82, 2.24) is 16.0 Å². The molecule has 0 aromatic heterocycles. The SMILES string of the molecule is CNCCNCC1CCCC(CC(=O)NC2Cc3cccc(C(=O)O)c3OB2O)C1. The van der Waals surface area contributed by atoms with Gasteiger partial charge in [0.25, 0.3) is 0 Å². The molecule has 164 valence electrons. The Labute approximate surface area is 177 Å². The van der Waals surface area contributed by atoms with Crippen LogP contribution in [0.25, 0.3) is 0 Å². The van der Waals surface area contributed by atoms with Gasteiger partial charge in [0.15, 0.2) is 0 Å². The topological polar surface area (TPSA) is 120 Å². The highest BCUT2D eigenvalue weighted by molar-refractivity contribution is 6.47. The van der Waals surface area contributed by atoms with Gasteiger partial charge in [-0.15, -0.1) is 0 Å². The van der Waals surface area contributed by atoms with E-state index in [4.69, 9.17) is 4.65 Å². The molecule has 0 bridgehead atoms. The molecule has 1 aliphatic carbocycles. The Morgan fingerprint density at radius 2 is 2.03 bits per heavy atom. The van der Waals surface area contributed by atoms with Gasteiger partial charge in [0, 0.05) is 19.5 Å². The van der Waals surface area contributed by atoms with Crippen LogP contribution in [0.4, 0.5) is 0 Å². The fraction of sp³-hybridized carbons (Fsp3) is 0.619. The molecule has 3 atom stereocenters. The second kappa shape index (κ2) is 10.8. The van der Waals surface area contributed by atoms with Gasteiger partial charge in [-0.2, -0.15) is 0 Å². The lowest BCUT2D eigenvalue weighted by Gasteiger charge is -2.31. The third-order valence-corrected chi connectivity index (χ3v) is 6.05. The number of likely N-dealkylation sites (N-methyl/N-ethyl adjacent to an activating group) is 1. The first-order valence-electron chi connectivity index (χ1n) is 10.8. The van der Waals surface area contributed by atoms with Crippen LogP contribution in [0.5, 0.6) is 5.75 Å². The van der Waals surface area contributed by atoms with Crippen molar-refractivity contribution in [3.8, 4) is 5.75 Å². The number of benzene rings is 1. The molecule has 0 spiro atoms. The van der Waals surface area contributed by atoms with Crippen LogP contribution in [-0.4, -0.2) is 61.7 Å². The quantitative estimate of drug-likeness (QED) is 0.298. The number of rotatable bonds is 9. The van der Waals surface area contributed by atoms with E-state index >= 15 is 0 Å². The number of fused-ring (bicyclic) bond motifs is 1. The normalized spacial score (nSPS) is 23.4. The predicted octanol–water partition coefficient (Wildman–Crippen LogP) is 0.830. The van der Waals surface area contributed by atoms with E-state index in [-0.39, 0.29) is 17.2 Å². The Morgan fingerprint density at radius 1 is 1.23 bits per heavy atom. The van der Waals surface area contributed by atoms with Gasteiger partial charge in [0.05, 0.1) is 11.5 Å². The number of carbonyl (C=O) groups excluding carboxylic acids is 1. The first-order valence-corrected chi connectivity index (χ1v) is 10.8. The van der Waals surface area contributed by atoms with Crippen molar-refractivity contribution in [3.63, 3.8) is 0 Å². The molecule has 1 aromatic carbocycles. The lowest BCUT2D eigenvalue weighted by Crippen LogP contribution is -2.53. The molecule has 3 rings (SSSR count). The summed E-state index contributed by atoms with van der Waals surface area (Å²) in [5.41, 5.74) is 0.698. The lowest BCUT2D eigenvalue weighted by atomic mass is 9.72. The Hall–Kier alpha value is -2.10. The molecule has 0 saturated heterocycles. The summed E-state index contributed by atoms with van der Waals surface area (Å²) in [4.78, 5) is 24.0. The molecule has 0 radical (unpaired) electrons. The monoisotopic (exact) mass is 417 g/mol. The van der Waals surface area contributed by atoms with Crippen LogP contribution in [0.2, 0.25) is 0 Å². The molecule has 1 aromatic rings. The number of amides is 1. The fourth-order valence-corrected chi connectivity index (χ4v) is 4.54. The second-order valence-corrected chi connectivity index (χ2v) is 8.40. The number of carbonyl (C=O) groups is 2. The standard InChI is InChI=1S/C21H32BN3O5/c1-23-8-9-24-13-15-5-2-4-14(10-15)11-19(26)25-18-12-16-6-3-7-17(21(27)28)20(16)30-22(18)29/h3,6-7,14-15,18,23-24,29H,2,4-5,8-13H2,1H3,(H,25,26)(H,27,28). The summed E-state index contributed by atoms with van der Waals surface area (Å²) in [6, 6.07) is 4.86. The van der Waals surface area contributed by atoms with Gasteiger partial charge in [-0.05, 0) is 62.7 Å². The second-order valence-electron chi connectivity index (χ2n) is 8.40. The molecular weight excluding hydrogens is 385 g/mol. The zero-order valence-electron chi connectivity index (χ0n) is 17.5. The van der Waals surface area contributed by atoms with E-state index in [1.165, 1.54) is 12.5 Å². The van der Waals surface area contributed by atoms with E-state index in [0.717, 1.165) is 38.9 Å². The highest BCUT2D eigenvalue weighted by Crippen LogP contribution is 2.32. The van der Waals surface area contributed by atoms with E-state index in [1.807, 2.05) is 7.05 Å². The van der Waals surface area contributed by atoms with Crippen molar-refractivity contribution in [1.29, 1.82) is 0 Å². The van der Waals surface area contributed by atoms with Crippen molar-refractivity contribution in [2.24, 2.45) is 11.8 Å². The predicted molar refractivity (Wildman–Crippen MR) is 114 cm³/mol. The van der Waals surface area contributed by atoms with Crippen LogP contribution in [0, 0.1) is 11.8 Å². The van der Waals surface area contributed by atoms with Crippen LogP contribution in [0.3, 0.4) is 0 Å². The number of carboxylic acids is 1. The zero-order valence-corrected chi connectivity index (χ0v) is 17.5. The molecule has 2 aliphatic rings. The number of hydrogen-bond acceptors (Lipinski definition) is 6. The van der Waals surface area contributed by atoms with E-state index in [9.17, 15) is 19.7 Å². The zero-order chi connectivity index (χ0) is 21.5.